The van der Waals surface area contributed by atoms with Gasteiger partial charge < -0.3 is 10.3 Å². The van der Waals surface area contributed by atoms with Gasteiger partial charge in [-0.25, -0.2) is 18.1 Å². The van der Waals surface area contributed by atoms with E-state index in [1.54, 1.807) is 30.6 Å². The Balaban J connectivity index is 2.17. The number of imidazole rings is 1. The molecule has 21 heavy (non-hydrogen) atoms. The third-order valence-electron chi connectivity index (χ3n) is 2.85. The molecule has 1 aromatic carbocycles. The lowest BCUT2D eigenvalue weighted by molar-refractivity contribution is 0.579. The van der Waals surface area contributed by atoms with Gasteiger partial charge >= 0.3 is 0 Å². The van der Waals surface area contributed by atoms with Gasteiger partial charge in [-0.2, -0.15) is 0 Å². The van der Waals surface area contributed by atoms with Crippen LogP contribution in [0, 0.1) is 0 Å². The second-order valence-electron chi connectivity index (χ2n) is 4.41. The topological polar surface area (TPSA) is 86.9 Å². The maximum Gasteiger partial charge on any atom is 0.242 e. The molecule has 1 heterocycles. The third kappa shape index (κ3) is 4.28. The molecule has 6 nitrogen and oxygen atoms in total. The van der Waals surface area contributed by atoms with Crippen LogP contribution >= 0.6 is 11.6 Å². The van der Waals surface area contributed by atoms with Crippen LogP contribution in [0.5, 0.6) is 0 Å². The highest BCUT2D eigenvalue weighted by Gasteiger charge is 2.18. The number of hydrogen-bond donors (Lipinski definition) is 3. The number of hydrogen-bond acceptors (Lipinski definition) is 4. The van der Waals surface area contributed by atoms with Crippen molar-refractivity contribution in [1.82, 2.24) is 20.0 Å². The summed E-state index contributed by atoms with van der Waals surface area (Å²) < 4.78 is 27.1. The number of rotatable bonds is 7. The summed E-state index contributed by atoms with van der Waals surface area (Å²) >= 11 is 6.01. The van der Waals surface area contributed by atoms with Crippen molar-refractivity contribution < 1.29 is 8.42 Å². The first-order valence-corrected chi connectivity index (χ1v) is 8.36. The van der Waals surface area contributed by atoms with Gasteiger partial charge in [0, 0.05) is 18.9 Å². The van der Waals surface area contributed by atoms with E-state index in [9.17, 15) is 8.42 Å². The summed E-state index contributed by atoms with van der Waals surface area (Å²) in [6, 6.07) is 4.97. The Hall–Kier alpha value is -1.41. The van der Waals surface area contributed by atoms with Crippen molar-refractivity contribution in [1.29, 1.82) is 0 Å². The molecule has 2 rings (SSSR count). The SMILES string of the molecule is CCNCc1ccc(Cl)c(S(=O)(=O)NCc2ncc[nH]2)c1. The lowest BCUT2D eigenvalue weighted by Crippen LogP contribution is -2.24. The average molecular weight is 329 g/mol. The Bertz CT molecular complexity index is 686. The van der Waals surface area contributed by atoms with Crippen LogP contribution in [0.15, 0.2) is 35.5 Å². The second-order valence-corrected chi connectivity index (χ2v) is 6.55. The van der Waals surface area contributed by atoms with Gasteiger partial charge in [-0.15, -0.1) is 0 Å². The maximum atomic E-state index is 12.3. The van der Waals surface area contributed by atoms with Crippen LogP contribution in [0.3, 0.4) is 0 Å². The van der Waals surface area contributed by atoms with Crippen LogP contribution in [-0.2, 0) is 23.1 Å². The summed E-state index contributed by atoms with van der Waals surface area (Å²) in [6.45, 7) is 3.47. The molecule has 0 saturated carbocycles. The summed E-state index contributed by atoms with van der Waals surface area (Å²) in [4.78, 5) is 6.88. The molecule has 0 atom stereocenters. The van der Waals surface area contributed by atoms with Crippen molar-refractivity contribution in [3.05, 3.63) is 47.0 Å². The number of nitrogens with one attached hydrogen (secondary N) is 3. The van der Waals surface area contributed by atoms with Crippen molar-refractivity contribution in [2.24, 2.45) is 0 Å². The Morgan fingerprint density at radius 1 is 1.33 bits per heavy atom. The molecule has 114 valence electrons. The predicted molar refractivity (Wildman–Crippen MR) is 81.4 cm³/mol. The quantitative estimate of drug-likeness (QED) is 0.721. The highest BCUT2D eigenvalue weighted by atomic mass is 35.5. The number of sulfonamides is 1. The van der Waals surface area contributed by atoms with E-state index in [2.05, 4.69) is 20.0 Å². The molecular weight excluding hydrogens is 312 g/mol. The molecule has 2 aromatic rings. The number of halogens is 1. The van der Waals surface area contributed by atoms with Crippen LogP contribution in [0.4, 0.5) is 0 Å². The zero-order valence-electron chi connectivity index (χ0n) is 11.6. The highest BCUT2D eigenvalue weighted by Crippen LogP contribution is 2.22. The number of aromatic amines is 1. The number of aromatic nitrogens is 2. The zero-order chi connectivity index (χ0) is 15.3. The van der Waals surface area contributed by atoms with Gasteiger partial charge in [0.15, 0.2) is 0 Å². The minimum Gasteiger partial charge on any atom is -0.347 e. The van der Waals surface area contributed by atoms with Gasteiger partial charge in [-0.05, 0) is 24.2 Å². The van der Waals surface area contributed by atoms with E-state index < -0.39 is 10.0 Å². The van der Waals surface area contributed by atoms with E-state index in [4.69, 9.17) is 11.6 Å². The van der Waals surface area contributed by atoms with Crippen molar-refractivity contribution in [3.8, 4) is 0 Å². The number of benzene rings is 1. The molecule has 0 aliphatic rings. The summed E-state index contributed by atoms with van der Waals surface area (Å²) in [5.41, 5.74) is 0.861. The molecule has 0 aliphatic heterocycles. The first kappa shape index (κ1) is 16.0. The molecule has 0 radical (unpaired) electrons. The van der Waals surface area contributed by atoms with Gasteiger partial charge in [-0.1, -0.05) is 24.6 Å². The third-order valence-corrected chi connectivity index (χ3v) is 4.73. The molecule has 0 fully saturated rings. The monoisotopic (exact) mass is 328 g/mol. The van der Waals surface area contributed by atoms with Crippen LogP contribution in [0.1, 0.15) is 18.3 Å². The average Bonchev–Trinajstić information content (AvgIpc) is 2.97. The van der Waals surface area contributed by atoms with Crippen LogP contribution in [-0.4, -0.2) is 24.9 Å². The Morgan fingerprint density at radius 3 is 2.81 bits per heavy atom. The van der Waals surface area contributed by atoms with Crippen molar-refractivity contribution >= 4 is 21.6 Å². The minimum atomic E-state index is -3.68. The van der Waals surface area contributed by atoms with Gasteiger partial charge in [0.1, 0.15) is 10.7 Å². The molecule has 0 spiro atoms. The zero-order valence-corrected chi connectivity index (χ0v) is 13.1. The van der Waals surface area contributed by atoms with E-state index in [-0.39, 0.29) is 16.5 Å². The van der Waals surface area contributed by atoms with Crippen molar-refractivity contribution in [3.63, 3.8) is 0 Å². The van der Waals surface area contributed by atoms with Crippen LogP contribution < -0.4 is 10.0 Å². The maximum absolute atomic E-state index is 12.3. The van der Waals surface area contributed by atoms with E-state index in [0.717, 1.165) is 12.1 Å². The van der Waals surface area contributed by atoms with Gasteiger partial charge in [-0.3, -0.25) is 0 Å². The summed E-state index contributed by atoms with van der Waals surface area (Å²) in [6.07, 6.45) is 3.20. The van der Waals surface area contributed by atoms with E-state index >= 15 is 0 Å². The fourth-order valence-electron chi connectivity index (χ4n) is 1.77. The highest BCUT2D eigenvalue weighted by molar-refractivity contribution is 7.89. The molecule has 0 unspecified atom stereocenters. The smallest absolute Gasteiger partial charge is 0.242 e. The molecule has 3 N–H and O–H groups in total. The standard InChI is InChI=1S/C13H17ClN4O2S/c1-2-15-8-10-3-4-11(14)12(7-10)21(19,20)18-9-13-16-5-6-17-13/h3-7,15,18H,2,8-9H2,1H3,(H,16,17). The second kappa shape index (κ2) is 7.04. The first-order chi connectivity index (χ1) is 10.0. The lowest BCUT2D eigenvalue weighted by Gasteiger charge is -2.10. The van der Waals surface area contributed by atoms with Gasteiger partial charge in [0.2, 0.25) is 10.0 Å². The first-order valence-electron chi connectivity index (χ1n) is 6.50. The largest absolute Gasteiger partial charge is 0.347 e. The molecule has 1 aromatic heterocycles. The van der Waals surface area contributed by atoms with Crippen LogP contribution in [0.2, 0.25) is 5.02 Å². The molecule has 0 bridgehead atoms. The van der Waals surface area contributed by atoms with E-state index in [1.165, 1.54) is 0 Å². The fourth-order valence-corrected chi connectivity index (χ4v) is 3.30. The molecule has 0 saturated heterocycles. The summed E-state index contributed by atoms with van der Waals surface area (Å²) in [7, 11) is -3.68. The fraction of sp³-hybridized carbons (Fsp3) is 0.308. The molecule has 0 aliphatic carbocycles. The predicted octanol–water partition coefficient (Wildman–Crippen LogP) is 1.65. The van der Waals surface area contributed by atoms with Gasteiger partial charge in [0.25, 0.3) is 0 Å². The Kier molecular flexibility index (Phi) is 5.35. The van der Waals surface area contributed by atoms with E-state index in [0.29, 0.717) is 12.4 Å². The molecule has 8 heteroatoms. The molecular formula is C13H17ClN4O2S. The van der Waals surface area contributed by atoms with E-state index in [1.807, 2.05) is 6.92 Å². The van der Waals surface area contributed by atoms with Crippen molar-refractivity contribution in [2.45, 2.75) is 24.9 Å². The normalized spacial score (nSPS) is 11.7. The number of H-pyrrole nitrogens is 1. The van der Waals surface area contributed by atoms with Crippen molar-refractivity contribution in [2.75, 3.05) is 6.54 Å². The van der Waals surface area contributed by atoms with Crippen LogP contribution in [0.25, 0.3) is 0 Å². The Labute approximate surface area is 129 Å². The summed E-state index contributed by atoms with van der Waals surface area (Å²) in [5.74, 6) is 0.540. The lowest BCUT2D eigenvalue weighted by atomic mass is 10.2. The Morgan fingerprint density at radius 2 is 2.14 bits per heavy atom. The molecule has 0 amide bonds. The minimum absolute atomic E-state index is 0.0751. The number of nitrogens with zero attached hydrogens (tertiary/aromatic N) is 1. The van der Waals surface area contributed by atoms with Gasteiger partial charge in [0.05, 0.1) is 11.6 Å². The summed E-state index contributed by atoms with van der Waals surface area (Å²) in [5, 5.41) is 3.34.